The number of Topliss-reactive ketones (excluding diaryl/α,β-unsaturated/α-hetero) is 1. The Kier molecular flexibility index (Phi) is 3.71. The summed E-state index contributed by atoms with van der Waals surface area (Å²) < 4.78 is 0. The first-order valence-corrected chi connectivity index (χ1v) is 6.88. The molecule has 0 aliphatic rings. The van der Waals surface area contributed by atoms with Crippen molar-refractivity contribution in [3.05, 3.63) is 51.8 Å². The van der Waals surface area contributed by atoms with Crippen molar-refractivity contribution < 1.29 is 9.90 Å². The molecule has 4 N–H and O–H groups in total. The number of hydrogen-bond acceptors (Lipinski definition) is 7. The minimum atomic E-state index is -0.517. The van der Waals surface area contributed by atoms with Crippen molar-refractivity contribution >= 4 is 22.8 Å². The summed E-state index contributed by atoms with van der Waals surface area (Å²) >= 11 is 0. The lowest BCUT2D eigenvalue weighted by Crippen LogP contribution is -2.16. The second-order valence-electron chi connectivity index (χ2n) is 4.92. The number of aromatic hydroxyl groups is 1. The summed E-state index contributed by atoms with van der Waals surface area (Å²) in [7, 11) is 0. The number of anilines is 1. The van der Waals surface area contributed by atoms with E-state index in [2.05, 4.69) is 20.2 Å². The van der Waals surface area contributed by atoms with Gasteiger partial charge in [-0.1, -0.05) is 30.3 Å². The summed E-state index contributed by atoms with van der Waals surface area (Å²) in [6.07, 6.45) is 0.269. The smallest absolute Gasteiger partial charge is 0.229 e. The first-order valence-electron chi connectivity index (χ1n) is 6.88. The summed E-state index contributed by atoms with van der Waals surface area (Å²) in [5.41, 5.74) is 5.64. The molecule has 0 aliphatic carbocycles. The molecule has 23 heavy (non-hydrogen) atoms. The lowest BCUT2D eigenvalue weighted by molar-refractivity contribution is 0.0982. The van der Waals surface area contributed by atoms with E-state index in [0.29, 0.717) is 5.56 Å². The number of nitrogens with two attached hydrogens (primary N) is 1. The number of ketones is 1. The van der Waals surface area contributed by atoms with Gasteiger partial charge in [-0.15, -0.1) is 0 Å². The van der Waals surface area contributed by atoms with E-state index in [1.165, 1.54) is 0 Å². The Labute approximate surface area is 130 Å². The van der Waals surface area contributed by atoms with Crippen molar-refractivity contribution in [3.8, 4) is 5.88 Å². The van der Waals surface area contributed by atoms with E-state index >= 15 is 0 Å². The van der Waals surface area contributed by atoms with E-state index in [4.69, 9.17) is 5.73 Å². The molecule has 2 heterocycles. The summed E-state index contributed by atoms with van der Waals surface area (Å²) in [5, 5.41) is 16.1. The molecular weight excluding hydrogens is 298 g/mol. The second kappa shape index (κ2) is 5.84. The van der Waals surface area contributed by atoms with Crippen LogP contribution in [0.1, 0.15) is 22.5 Å². The first kappa shape index (κ1) is 14.6. The molecule has 2 aromatic heterocycles. The molecule has 0 amide bonds. The van der Waals surface area contributed by atoms with Crippen LogP contribution in [-0.4, -0.2) is 31.1 Å². The van der Waals surface area contributed by atoms with Gasteiger partial charge in [0.05, 0.1) is 0 Å². The van der Waals surface area contributed by atoms with E-state index in [-0.39, 0.29) is 41.3 Å². The highest BCUT2D eigenvalue weighted by Gasteiger charge is 2.15. The molecule has 0 atom stereocenters. The van der Waals surface area contributed by atoms with E-state index in [1.54, 1.807) is 24.3 Å². The molecule has 8 heteroatoms. The average Bonchev–Trinajstić information content (AvgIpc) is 2.54. The highest BCUT2D eigenvalue weighted by atomic mass is 16.3. The molecule has 3 aromatic rings. The van der Waals surface area contributed by atoms with Crippen LogP contribution in [0.25, 0.3) is 11.0 Å². The number of carbonyl (C=O) groups is 1. The molecule has 0 radical (unpaired) electrons. The van der Waals surface area contributed by atoms with Crippen LogP contribution in [0.2, 0.25) is 0 Å². The van der Waals surface area contributed by atoms with Gasteiger partial charge in [-0.25, -0.2) is 0 Å². The number of aromatic nitrogens is 4. The maximum Gasteiger partial charge on any atom is 0.229 e. The predicted molar refractivity (Wildman–Crippen MR) is 83.1 cm³/mol. The van der Waals surface area contributed by atoms with Gasteiger partial charge in [0.2, 0.25) is 17.3 Å². The Morgan fingerprint density at radius 3 is 2.70 bits per heavy atom. The molecule has 0 bridgehead atoms. The van der Waals surface area contributed by atoms with Crippen LogP contribution in [-0.2, 0) is 6.42 Å². The summed E-state index contributed by atoms with van der Waals surface area (Å²) in [4.78, 5) is 31.8. The molecule has 8 nitrogen and oxygen atoms in total. The zero-order valence-electron chi connectivity index (χ0n) is 12.0. The Hall–Kier alpha value is -3.29. The molecular formula is C15H13N5O3. The monoisotopic (exact) mass is 311 g/mol. The minimum absolute atomic E-state index is 0.0538. The zero-order valence-corrected chi connectivity index (χ0v) is 12.0. The molecule has 0 aliphatic heterocycles. The first-order chi connectivity index (χ1) is 11.1. The highest BCUT2D eigenvalue weighted by Crippen LogP contribution is 2.16. The van der Waals surface area contributed by atoms with Crippen molar-refractivity contribution in [1.82, 2.24) is 20.2 Å². The number of aromatic amines is 1. The minimum Gasteiger partial charge on any atom is -0.493 e. The number of fused-ring (bicyclic) bond motifs is 1. The van der Waals surface area contributed by atoms with Crippen LogP contribution >= 0.6 is 0 Å². The van der Waals surface area contributed by atoms with Gasteiger partial charge in [-0.05, 0) is 0 Å². The molecule has 116 valence electrons. The fraction of sp³-hybridized carbons (Fsp3) is 0.133. The Morgan fingerprint density at radius 1 is 1.22 bits per heavy atom. The largest absolute Gasteiger partial charge is 0.493 e. The third-order valence-corrected chi connectivity index (χ3v) is 3.38. The van der Waals surface area contributed by atoms with Crippen molar-refractivity contribution in [2.24, 2.45) is 0 Å². The molecule has 1 aromatic carbocycles. The predicted octanol–water partition coefficient (Wildman–Crippen LogP) is 0.816. The van der Waals surface area contributed by atoms with Gasteiger partial charge in [0.1, 0.15) is 11.1 Å². The summed E-state index contributed by atoms with van der Waals surface area (Å²) in [6, 6.07) is 8.79. The second-order valence-corrected chi connectivity index (χ2v) is 4.92. The van der Waals surface area contributed by atoms with Gasteiger partial charge in [0, 0.05) is 18.4 Å². The van der Waals surface area contributed by atoms with Gasteiger partial charge >= 0.3 is 0 Å². The van der Waals surface area contributed by atoms with Crippen molar-refractivity contribution in [3.63, 3.8) is 0 Å². The van der Waals surface area contributed by atoms with Crippen LogP contribution in [0.4, 0.5) is 5.95 Å². The van der Waals surface area contributed by atoms with Crippen LogP contribution in [0.3, 0.4) is 0 Å². The quantitative estimate of drug-likeness (QED) is 0.607. The molecule has 3 rings (SSSR count). The maximum atomic E-state index is 12.3. The van der Waals surface area contributed by atoms with Crippen molar-refractivity contribution in [2.75, 3.05) is 5.73 Å². The fourth-order valence-electron chi connectivity index (χ4n) is 2.24. The number of nitrogen functional groups attached to an aromatic ring is 1. The van der Waals surface area contributed by atoms with Gasteiger partial charge < -0.3 is 10.8 Å². The van der Waals surface area contributed by atoms with Gasteiger partial charge in [-0.3, -0.25) is 14.7 Å². The van der Waals surface area contributed by atoms with Gasteiger partial charge in [-0.2, -0.15) is 15.1 Å². The van der Waals surface area contributed by atoms with E-state index in [0.717, 1.165) is 0 Å². The van der Waals surface area contributed by atoms with E-state index in [9.17, 15) is 14.7 Å². The summed E-state index contributed by atoms with van der Waals surface area (Å²) in [5.74, 6) is -0.768. The fourth-order valence-corrected chi connectivity index (χ4v) is 2.24. The summed E-state index contributed by atoms with van der Waals surface area (Å²) in [6.45, 7) is 0. The van der Waals surface area contributed by atoms with Gasteiger partial charge in [0.25, 0.3) is 0 Å². The number of nitrogens with zero attached hydrogens (tertiary/aromatic N) is 3. The Morgan fingerprint density at radius 2 is 1.96 bits per heavy atom. The number of nitrogens with one attached hydrogen (secondary N) is 1. The number of hydrogen-bond donors (Lipinski definition) is 3. The molecule has 0 saturated heterocycles. The van der Waals surface area contributed by atoms with E-state index in [1.807, 2.05) is 6.07 Å². The van der Waals surface area contributed by atoms with Crippen LogP contribution < -0.4 is 11.2 Å². The zero-order chi connectivity index (χ0) is 16.4. The van der Waals surface area contributed by atoms with Crippen LogP contribution in [0, 0.1) is 0 Å². The molecule has 0 saturated carbocycles. The number of H-pyrrole nitrogens is 1. The molecule has 0 spiro atoms. The lowest BCUT2D eigenvalue weighted by Gasteiger charge is -2.04. The van der Waals surface area contributed by atoms with E-state index < -0.39 is 11.3 Å². The third-order valence-electron chi connectivity index (χ3n) is 3.38. The van der Waals surface area contributed by atoms with Crippen LogP contribution in [0.5, 0.6) is 5.88 Å². The number of benzene rings is 1. The third kappa shape index (κ3) is 2.86. The van der Waals surface area contributed by atoms with Crippen molar-refractivity contribution in [1.29, 1.82) is 0 Å². The molecule has 0 unspecified atom stereocenters. The SMILES string of the molecule is Nc1nc(O)c2c(=O)c(CCC(=O)c3ccccc3)n[nH]c2n1. The highest BCUT2D eigenvalue weighted by molar-refractivity contribution is 5.96. The molecule has 0 fully saturated rings. The Bertz CT molecular complexity index is 937. The van der Waals surface area contributed by atoms with Crippen molar-refractivity contribution in [2.45, 2.75) is 12.8 Å². The average molecular weight is 311 g/mol. The number of aryl methyl sites for hydroxylation is 1. The lowest BCUT2D eigenvalue weighted by atomic mass is 10.1. The van der Waals surface area contributed by atoms with Gasteiger partial charge in [0.15, 0.2) is 11.4 Å². The normalized spacial score (nSPS) is 10.8. The maximum absolute atomic E-state index is 12.3. The standard InChI is InChI=1S/C15H13N5O3/c16-15-17-13-11(14(23)18-15)12(22)9(19-20-13)6-7-10(21)8-4-2-1-3-5-8/h1-5H,6-7H2,(H4,16,17,18,20,22,23). The Balaban J connectivity index is 1.88. The number of carbonyl (C=O) groups excluding carboxylic acids is 1. The number of rotatable bonds is 4. The van der Waals surface area contributed by atoms with Crippen LogP contribution in [0.15, 0.2) is 35.1 Å². The topological polar surface area (TPSA) is 135 Å².